The van der Waals surface area contributed by atoms with Crippen LogP contribution in [0.3, 0.4) is 0 Å². The first kappa shape index (κ1) is 16.7. The third kappa shape index (κ3) is 4.22. The van der Waals surface area contributed by atoms with Gasteiger partial charge in [0.25, 0.3) is 0 Å². The summed E-state index contributed by atoms with van der Waals surface area (Å²) in [5, 5.41) is 11.1. The molecule has 2 aliphatic rings. The van der Waals surface area contributed by atoms with E-state index < -0.39 is 5.60 Å². The van der Waals surface area contributed by atoms with E-state index in [0.717, 1.165) is 63.6 Å². The van der Waals surface area contributed by atoms with E-state index in [9.17, 15) is 5.11 Å². The van der Waals surface area contributed by atoms with Crippen molar-refractivity contribution in [3.63, 3.8) is 0 Å². The summed E-state index contributed by atoms with van der Waals surface area (Å²) in [5.41, 5.74) is 1.61. The van der Waals surface area contributed by atoms with Crippen LogP contribution in [0.25, 0.3) is 0 Å². The van der Waals surface area contributed by atoms with E-state index in [0.29, 0.717) is 12.5 Å². The minimum Gasteiger partial charge on any atom is -0.387 e. The number of pyridine rings is 1. The minimum atomic E-state index is -0.633. The minimum absolute atomic E-state index is 0.448. The van der Waals surface area contributed by atoms with Crippen LogP contribution in [0.2, 0.25) is 0 Å². The van der Waals surface area contributed by atoms with Crippen molar-refractivity contribution in [2.75, 3.05) is 50.8 Å². The third-order valence-corrected chi connectivity index (χ3v) is 4.90. The average molecular weight is 319 g/mol. The molecule has 0 bridgehead atoms. The maximum atomic E-state index is 11.1. The van der Waals surface area contributed by atoms with Gasteiger partial charge in [-0.15, -0.1) is 0 Å². The largest absolute Gasteiger partial charge is 0.387 e. The Morgan fingerprint density at radius 2 is 2.04 bits per heavy atom. The van der Waals surface area contributed by atoms with Crippen molar-refractivity contribution >= 4 is 5.69 Å². The zero-order valence-electron chi connectivity index (χ0n) is 14.4. The van der Waals surface area contributed by atoms with Crippen LogP contribution in [0.1, 0.15) is 38.3 Å². The van der Waals surface area contributed by atoms with Gasteiger partial charge in [0.05, 0.1) is 30.7 Å². The molecule has 3 rings (SSSR count). The SMILES string of the molecule is CC(C)c1ccc(N2CCC[C@@](O)(CN3CCOCC3)C2)cn1. The first-order valence-electron chi connectivity index (χ1n) is 8.79. The number of nitrogens with zero attached hydrogens (tertiary/aromatic N) is 3. The molecule has 5 heteroatoms. The predicted octanol–water partition coefficient (Wildman–Crippen LogP) is 1.87. The topological polar surface area (TPSA) is 48.8 Å². The van der Waals surface area contributed by atoms with Gasteiger partial charge in [-0.05, 0) is 30.9 Å². The molecule has 0 aliphatic carbocycles. The normalized spacial score (nSPS) is 26.7. The highest BCUT2D eigenvalue weighted by Crippen LogP contribution is 2.27. The first-order valence-corrected chi connectivity index (χ1v) is 8.79. The monoisotopic (exact) mass is 319 g/mol. The van der Waals surface area contributed by atoms with Crippen LogP contribution >= 0.6 is 0 Å². The molecule has 2 saturated heterocycles. The number of anilines is 1. The Morgan fingerprint density at radius 1 is 1.26 bits per heavy atom. The van der Waals surface area contributed by atoms with Crippen molar-refractivity contribution in [3.05, 3.63) is 24.0 Å². The van der Waals surface area contributed by atoms with E-state index in [1.807, 2.05) is 6.20 Å². The lowest BCUT2D eigenvalue weighted by molar-refractivity contribution is -0.0382. The van der Waals surface area contributed by atoms with Crippen LogP contribution in [0.15, 0.2) is 18.3 Å². The molecule has 0 amide bonds. The van der Waals surface area contributed by atoms with Gasteiger partial charge in [0.1, 0.15) is 0 Å². The molecule has 0 radical (unpaired) electrons. The van der Waals surface area contributed by atoms with Crippen LogP contribution < -0.4 is 4.90 Å². The van der Waals surface area contributed by atoms with Crippen molar-refractivity contribution in [2.45, 2.75) is 38.2 Å². The molecule has 1 N–H and O–H groups in total. The molecular weight excluding hydrogens is 290 g/mol. The van der Waals surface area contributed by atoms with Crippen LogP contribution in [0.5, 0.6) is 0 Å². The Morgan fingerprint density at radius 3 is 2.70 bits per heavy atom. The van der Waals surface area contributed by atoms with E-state index in [4.69, 9.17) is 4.74 Å². The number of rotatable bonds is 4. The number of morpholine rings is 1. The van der Waals surface area contributed by atoms with Crippen LogP contribution in [0.4, 0.5) is 5.69 Å². The van der Waals surface area contributed by atoms with Crippen molar-refractivity contribution < 1.29 is 9.84 Å². The Bertz CT molecular complexity index is 499. The van der Waals surface area contributed by atoms with Crippen molar-refractivity contribution in [2.24, 2.45) is 0 Å². The highest BCUT2D eigenvalue weighted by atomic mass is 16.5. The van der Waals surface area contributed by atoms with Crippen LogP contribution in [-0.4, -0.2) is 66.5 Å². The summed E-state index contributed by atoms with van der Waals surface area (Å²) < 4.78 is 5.40. The van der Waals surface area contributed by atoms with E-state index in [-0.39, 0.29) is 0 Å². The van der Waals surface area contributed by atoms with Crippen molar-refractivity contribution in [3.8, 4) is 0 Å². The van der Waals surface area contributed by atoms with Gasteiger partial charge >= 0.3 is 0 Å². The molecule has 0 spiro atoms. The Labute approximate surface area is 139 Å². The molecule has 0 unspecified atom stereocenters. The number of aliphatic hydroxyl groups is 1. The molecule has 2 aliphatic heterocycles. The van der Waals surface area contributed by atoms with Gasteiger partial charge in [0.2, 0.25) is 0 Å². The fourth-order valence-corrected chi connectivity index (χ4v) is 3.56. The number of hydrogen-bond donors (Lipinski definition) is 1. The highest BCUT2D eigenvalue weighted by molar-refractivity contribution is 5.46. The summed E-state index contributed by atoms with van der Waals surface area (Å²) in [6.45, 7) is 10.1. The number of piperidine rings is 1. The zero-order valence-corrected chi connectivity index (χ0v) is 14.4. The smallest absolute Gasteiger partial charge is 0.0948 e. The summed E-state index contributed by atoms with van der Waals surface area (Å²) in [6, 6.07) is 4.25. The van der Waals surface area contributed by atoms with Gasteiger partial charge < -0.3 is 14.7 Å². The van der Waals surface area contributed by atoms with Gasteiger partial charge in [0, 0.05) is 38.4 Å². The second kappa shape index (κ2) is 7.16. The maximum Gasteiger partial charge on any atom is 0.0948 e. The standard InChI is InChI=1S/C18H29N3O2/c1-15(2)17-5-4-16(12-19-17)21-7-3-6-18(22,14-21)13-20-8-10-23-11-9-20/h4-5,12,15,22H,3,6-11,13-14H2,1-2H3/t18-/m1/s1. The molecule has 0 saturated carbocycles. The summed E-state index contributed by atoms with van der Waals surface area (Å²) in [7, 11) is 0. The number of aromatic nitrogens is 1. The van der Waals surface area contributed by atoms with Crippen LogP contribution in [-0.2, 0) is 4.74 Å². The fourth-order valence-electron chi connectivity index (χ4n) is 3.56. The second-order valence-corrected chi connectivity index (χ2v) is 7.23. The summed E-state index contributed by atoms with van der Waals surface area (Å²) >= 11 is 0. The van der Waals surface area contributed by atoms with Gasteiger partial charge in [-0.2, -0.15) is 0 Å². The molecule has 1 atom stereocenters. The van der Waals surface area contributed by atoms with E-state index in [1.54, 1.807) is 0 Å². The van der Waals surface area contributed by atoms with Gasteiger partial charge in [-0.3, -0.25) is 9.88 Å². The van der Waals surface area contributed by atoms with Crippen LogP contribution in [0, 0.1) is 0 Å². The quantitative estimate of drug-likeness (QED) is 0.918. The third-order valence-electron chi connectivity index (χ3n) is 4.90. The second-order valence-electron chi connectivity index (χ2n) is 7.23. The lowest BCUT2D eigenvalue weighted by atomic mass is 9.91. The molecule has 5 nitrogen and oxygen atoms in total. The predicted molar refractivity (Wildman–Crippen MR) is 92.0 cm³/mol. The average Bonchev–Trinajstić information content (AvgIpc) is 2.55. The first-order chi connectivity index (χ1) is 11.1. The molecule has 128 valence electrons. The van der Waals surface area contributed by atoms with Crippen molar-refractivity contribution in [1.82, 2.24) is 9.88 Å². The summed E-state index contributed by atoms with van der Waals surface area (Å²) in [5.74, 6) is 0.448. The molecular formula is C18H29N3O2. The number of ether oxygens (including phenoxy) is 1. The maximum absolute atomic E-state index is 11.1. The summed E-state index contributed by atoms with van der Waals surface area (Å²) in [4.78, 5) is 9.17. The fraction of sp³-hybridized carbons (Fsp3) is 0.722. The highest BCUT2D eigenvalue weighted by Gasteiger charge is 2.35. The van der Waals surface area contributed by atoms with E-state index in [1.165, 1.54) is 0 Å². The van der Waals surface area contributed by atoms with E-state index >= 15 is 0 Å². The Balaban J connectivity index is 1.64. The molecule has 0 aromatic carbocycles. The molecule has 1 aromatic heterocycles. The molecule has 1 aromatic rings. The van der Waals surface area contributed by atoms with Crippen molar-refractivity contribution in [1.29, 1.82) is 0 Å². The van der Waals surface area contributed by atoms with E-state index in [2.05, 4.69) is 40.8 Å². The Kier molecular flexibility index (Phi) is 5.19. The lowest BCUT2D eigenvalue weighted by Gasteiger charge is -2.43. The lowest BCUT2D eigenvalue weighted by Crippen LogP contribution is -2.56. The Hall–Kier alpha value is -1.17. The number of hydrogen-bond acceptors (Lipinski definition) is 5. The molecule has 23 heavy (non-hydrogen) atoms. The number of β-amino-alcohol motifs (C(OH)–C–C–N with tert-alkyl or cyclic N) is 1. The summed E-state index contributed by atoms with van der Waals surface area (Å²) in [6.07, 6.45) is 3.85. The van der Waals surface area contributed by atoms with Gasteiger partial charge in [0.15, 0.2) is 0 Å². The van der Waals surface area contributed by atoms with Gasteiger partial charge in [-0.25, -0.2) is 0 Å². The van der Waals surface area contributed by atoms with Gasteiger partial charge in [-0.1, -0.05) is 13.8 Å². The molecule has 2 fully saturated rings. The zero-order chi connectivity index (χ0) is 16.3. The molecule has 3 heterocycles.